The van der Waals surface area contributed by atoms with E-state index in [-0.39, 0.29) is 5.91 Å². The summed E-state index contributed by atoms with van der Waals surface area (Å²) >= 11 is 0. The summed E-state index contributed by atoms with van der Waals surface area (Å²) < 4.78 is 0. The maximum Gasteiger partial charge on any atom is 0.312 e. The molecular weight excluding hydrogens is 292 g/mol. The van der Waals surface area contributed by atoms with Crippen molar-refractivity contribution in [3.8, 4) is 0 Å². The first-order valence-corrected chi connectivity index (χ1v) is 8.26. The second-order valence-corrected chi connectivity index (χ2v) is 6.64. The number of hydrogen-bond donors (Lipinski definition) is 4. The summed E-state index contributed by atoms with van der Waals surface area (Å²) in [6, 6.07) is 8.13. The monoisotopic (exact) mass is 316 g/mol. The maximum absolute atomic E-state index is 12.2. The van der Waals surface area contributed by atoms with Crippen LogP contribution in [-0.4, -0.2) is 24.0 Å². The van der Waals surface area contributed by atoms with Crippen LogP contribution in [0, 0.1) is 5.92 Å². The number of amides is 3. The first-order chi connectivity index (χ1) is 11.1. The minimum absolute atomic E-state index is 0.0827. The van der Waals surface area contributed by atoms with Gasteiger partial charge in [0.15, 0.2) is 0 Å². The van der Waals surface area contributed by atoms with Crippen molar-refractivity contribution < 1.29 is 9.59 Å². The summed E-state index contributed by atoms with van der Waals surface area (Å²) in [7, 11) is 0. The number of carbonyl (C=O) groups excluding carboxylic acids is 2. The fourth-order valence-electron chi connectivity index (χ4n) is 3.71. The molecule has 0 radical (unpaired) electrons. The van der Waals surface area contributed by atoms with Crippen molar-refractivity contribution in [2.45, 2.75) is 50.7 Å². The Kier molecular flexibility index (Phi) is 4.81. The van der Waals surface area contributed by atoms with Crippen LogP contribution in [0.5, 0.6) is 0 Å². The van der Waals surface area contributed by atoms with Crippen molar-refractivity contribution in [2.24, 2.45) is 11.7 Å². The Morgan fingerprint density at radius 3 is 2.39 bits per heavy atom. The molecule has 2 unspecified atom stereocenters. The molecule has 3 rings (SSSR count). The minimum Gasteiger partial charge on any atom is -0.352 e. The van der Waals surface area contributed by atoms with Crippen molar-refractivity contribution in [2.75, 3.05) is 5.32 Å². The molecule has 2 atom stereocenters. The second kappa shape index (κ2) is 7.00. The molecule has 2 aliphatic rings. The average molecular weight is 316 g/mol. The molecular formula is C17H24N4O2. The average Bonchev–Trinajstić information content (AvgIpc) is 2.85. The predicted molar refractivity (Wildman–Crippen MR) is 88.8 cm³/mol. The third kappa shape index (κ3) is 4.45. The molecule has 2 fully saturated rings. The van der Waals surface area contributed by atoms with Gasteiger partial charge in [0.25, 0.3) is 0 Å². The fourth-order valence-corrected chi connectivity index (χ4v) is 3.71. The van der Waals surface area contributed by atoms with E-state index in [0.29, 0.717) is 31.0 Å². The molecule has 124 valence electrons. The van der Waals surface area contributed by atoms with Crippen LogP contribution >= 0.6 is 0 Å². The Bertz CT molecular complexity index is 560. The fraction of sp³-hybridized carbons (Fsp3) is 0.529. The van der Waals surface area contributed by atoms with Gasteiger partial charge in [-0.3, -0.25) is 4.79 Å². The van der Waals surface area contributed by atoms with Crippen LogP contribution in [0.4, 0.5) is 10.5 Å². The van der Waals surface area contributed by atoms with Gasteiger partial charge in [-0.05, 0) is 49.3 Å². The lowest BCUT2D eigenvalue weighted by Crippen LogP contribution is -2.39. The van der Waals surface area contributed by atoms with E-state index in [2.05, 4.69) is 16.0 Å². The van der Waals surface area contributed by atoms with Crippen LogP contribution in [0.3, 0.4) is 0 Å². The Balaban J connectivity index is 1.47. The molecule has 2 bridgehead atoms. The number of anilines is 1. The van der Waals surface area contributed by atoms with E-state index >= 15 is 0 Å². The number of carbonyl (C=O) groups is 2. The number of urea groups is 1. The zero-order chi connectivity index (χ0) is 16.2. The van der Waals surface area contributed by atoms with Crippen molar-refractivity contribution in [3.63, 3.8) is 0 Å². The molecule has 1 aromatic carbocycles. The summed E-state index contributed by atoms with van der Waals surface area (Å²) in [6.45, 7) is 0.390. The molecule has 2 heterocycles. The molecule has 5 N–H and O–H groups in total. The van der Waals surface area contributed by atoms with Crippen LogP contribution in [0.2, 0.25) is 0 Å². The standard InChI is InChI=1S/C17H24N4O2/c18-17(23)19-10-11-1-3-13(4-2-11)21-16(22)9-12-7-14-5-6-15(8-12)20-14/h1-4,12,14-15,20H,5-10H2,(H,21,22)(H3,18,19,23). The van der Waals surface area contributed by atoms with Crippen LogP contribution < -0.4 is 21.7 Å². The highest BCUT2D eigenvalue weighted by atomic mass is 16.2. The van der Waals surface area contributed by atoms with Gasteiger partial charge in [0.05, 0.1) is 0 Å². The number of fused-ring (bicyclic) bond motifs is 2. The number of piperidine rings is 1. The SMILES string of the molecule is NC(=O)NCc1ccc(NC(=O)CC2CC3CCC(C2)N3)cc1. The largest absolute Gasteiger partial charge is 0.352 e. The van der Waals surface area contributed by atoms with Gasteiger partial charge < -0.3 is 21.7 Å². The Morgan fingerprint density at radius 1 is 1.13 bits per heavy atom. The van der Waals surface area contributed by atoms with Crippen molar-refractivity contribution in [1.82, 2.24) is 10.6 Å². The summed E-state index contributed by atoms with van der Waals surface area (Å²) in [4.78, 5) is 22.9. The van der Waals surface area contributed by atoms with E-state index in [9.17, 15) is 9.59 Å². The molecule has 0 aliphatic carbocycles. The maximum atomic E-state index is 12.2. The van der Waals surface area contributed by atoms with E-state index in [1.54, 1.807) is 0 Å². The lowest BCUT2D eigenvalue weighted by atomic mass is 9.89. The molecule has 23 heavy (non-hydrogen) atoms. The number of primary amides is 1. The van der Waals surface area contributed by atoms with E-state index in [4.69, 9.17) is 5.73 Å². The molecule has 2 saturated heterocycles. The summed E-state index contributed by atoms with van der Waals surface area (Å²) in [5.74, 6) is 0.576. The highest BCUT2D eigenvalue weighted by Crippen LogP contribution is 2.32. The molecule has 3 amide bonds. The molecule has 2 aliphatic heterocycles. The predicted octanol–water partition coefficient (Wildman–Crippen LogP) is 1.71. The molecule has 0 spiro atoms. The Labute approximate surface area is 136 Å². The quantitative estimate of drug-likeness (QED) is 0.666. The third-order valence-corrected chi connectivity index (χ3v) is 4.75. The number of hydrogen-bond acceptors (Lipinski definition) is 3. The van der Waals surface area contributed by atoms with Gasteiger partial charge in [-0.2, -0.15) is 0 Å². The van der Waals surface area contributed by atoms with Crippen LogP contribution in [0.15, 0.2) is 24.3 Å². The first-order valence-electron chi connectivity index (χ1n) is 8.26. The zero-order valence-electron chi connectivity index (χ0n) is 13.2. The highest BCUT2D eigenvalue weighted by molar-refractivity contribution is 5.90. The van der Waals surface area contributed by atoms with E-state index in [0.717, 1.165) is 24.1 Å². The van der Waals surface area contributed by atoms with Crippen molar-refractivity contribution >= 4 is 17.6 Å². The zero-order valence-corrected chi connectivity index (χ0v) is 13.2. The Hall–Kier alpha value is -2.08. The number of benzene rings is 1. The van der Waals surface area contributed by atoms with Crippen molar-refractivity contribution in [1.29, 1.82) is 0 Å². The van der Waals surface area contributed by atoms with Gasteiger partial charge in [-0.25, -0.2) is 4.79 Å². The van der Waals surface area contributed by atoms with E-state index < -0.39 is 6.03 Å². The Morgan fingerprint density at radius 2 is 1.78 bits per heavy atom. The third-order valence-electron chi connectivity index (χ3n) is 4.75. The lowest BCUT2D eigenvalue weighted by Gasteiger charge is -2.28. The van der Waals surface area contributed by atoms with Gasteiger partial charge in [-0.1, -0.05) is 12.1 Å². The first kappa shape index (κ1) is 15.8. The normalized spacial score (nSPS) is 25.8. The van der Waals surface area contributed by atoms with Gasteiger partial charge >= 0.3 is 6.03 Å². The molecule has 0 aromatic heterocycles. The molecule has 1 aromatic rings. The smallest absolute Gasteiger partial charge is 0.312 e. The van der Waals surface area contributed by atoms with Gasteiger partial charge in [-0.15, -0.1) is 0 Å². The summed E-state index contributed by atoms with van der Waals surface area (Å²) in [6.07, 6.45) is 5.33. The number of rotatable bonds is 5. The highest BCUT2D eigenvalue weighted by Gasteiger charge is 2.34. The van der Waals surface area contributed by atoms with E-state index in [1.165, 1.54) is 12.8 Å². The van der Waals surface area contributed by atoms with Gasteiger partial charge in [0.2, 0.25) is 5.91 Å². The van der Waals surface area contributed by atoms with Crippen LogP contribution in [0.1, 0.15) is 37.7 Å². The lowest BCUT2D eigenvalue weighted by molar-refractivity contribution is -0.117. The number of nitrogens with two attached hydrogens (primary N) is 1. The molecule has 6 nitrogen and oxygen atoms in total. The van der Waals surface area contributed by atoms with Crippen LogP contribution in [-0.2, 0) is 11.3 Å². The van der Waals surface area contributed by atoms with Gasteiger partial charge in [0.1, 0.15) is 0 Å². The number of nitrogens with one attached hydrogen (secondary N) is 3. The van der Waals surface area contributed by atoms with Crippen LogP contribution in [0.25, 0.3) is 0 Å². The molecule has 6 heteroatoms. The summed E-state index contributed by atoms with van der Waals surface area (Å²) in [5.41, 5.74) is 6.77. The topological polar surface area (TPSA) is 96.2 Å². The van der Waals surface area contributed by atoms with E-state index in [1.807, 2.05) is 24.3 Å². The van der Waals surface area contributed by atoms with Gasteiger partial charge in [0, 0.05) is 30.7 Å². The second-order valence-electron chi connectivity index (χ2n) is 6.64. The summed E-state index contributed by atoms with van der Waals surface area (Å²) in [5, 5.41) is 9.09. The van der Waals surface area contributed by atoms with Crippen molar-refractivity contribution in [3.05, 3.63) is 29.8 Å². The minimum atomic E-state index is -0.543. The molecule has 0 saturated carbocycles.